The van der Waals surface area contributed by atoms with Crippen molar-refractivity contribution in [3.8, 4) is 11.8 Å². The molecule has 1 aliphatic rings. The molecule has 2 aromatic carbocycles. The normalized spacial score (nSPS) is 20.6. The largest absolute Gasteiger partial charge is 0.206 e. The van der Waals surface area contributed by atoms with Crippen LogP contribution in [0.1, 0.15) is 87.3 Å². The molecule has 0 aromatic heterocycles. The van der Waals surface area contributed by atoms with Gasteiger partial charge in [-0.25, -0.2) is 4.39 Å². The Labute approximate surface area is 164 Å². The Morgan fingerprint density at radius 1 is 1.00 bits per heavy atom. The summed E-state index contributed by atoms with van der Waals surface area (Å²) in [4.78, 5) is 0. The first-order valence-corrected chi connectivity index (χ1v) is 10.6. The highest BCUT2D eigenvalue weighted by Crippen LogP contribution is 2.37. The molecular weight excluding hydrogens is 331 g/mol. The van der Waals surface area contributed by atoms with Crippen molar-refractivity contribution < 1.29 is 4.39 Å². The Morgan fingerprint density at radius 2 is 1.74 bits per heavy atom. The predicted octanol–water partition coefficient (Wildman–Crippen LogP) is 7.44. The van der Waals surface area contributed by atoms with Gasteiger partial charge < -0.3 is 0 Å². The summed E-state index contributed by atoms with van der Waals surface area (Å²) in [5.41, 5.74) is 2.88. The second kappa shape index (κ2) is 9.75. The smallest absolute Gasteiger partial charge is 0.139 e. The van der Waals surface area contributed by atoms with Gasteiger partial charge in [0.1, 0.15) is 5.82 Å². The monoisotopic (exact) mass is 362 g/mol. The molecule has 0 saturated heterocycles. The number of rotatable bonds is 5. The number of halogens is 1. The highest BCUT2D eigenvalue weighted by atomic mass is 19.1. The van der Waals surface area contributed by atoms with Gasteiger partial charge >= 0.3 is 0 Å². The first-order chi connectivity index (χ1) is 13.2. The molecule has 142 valence electrons. The van der Waals surface area contributed by atoms with Crippen LogP contribution in [0.4, 0.5) is 4.39 Å². The Hall–Kier alpha value is -2.07. The zero-order valence-corrected chi connectivity index (χ0v) is 16.7. The molecule has 0 aliphatic heterocycles. The van der Waals surface area contributed by atoms with E-state index in [0.717, 1.165) is 17.9 Å². The lowest BCUT2D eigenvalue weighted by Crippen LogP contribution is -2.13. The van der Waals surface area contributed by atoms with Crippen LogP contribution in [0.25, 0.3) is 0 Å². The summed E-state index contributed by atoms with van der Waals surface area (Å²) in [6.45, 7) is 4.39. The maximum absolute atomic E-state index is 14.7. The fraction of sp³-hybridized carbons (Fsp3) is 0.462. The van der Waals surface area contributed by atoms with Crippen LogP contribution in [0.2, 0.25) is 0 Å². The highest BCUT2D eigenvalue weighted by molar-refractivity contribution is 5.41. The van der Waals surface area contributed by atoms with Gasteiger partial charge in [0.2, 0.25) is 0 Å². The van der Waals surface area contributed by atoms with E-state index < -0.39 is 0 Å². The molecule has 0 radical (unpaired) electrons. The fourth-order valence-electron chi connectivity index (χ4n) is 4.35. The van der Waals surface area contributed by atoms with Crippen molar-refractivity contribution in [1.29, 1.82) is 0 Å². The van der Waals surface area contributed by atoms with Gasteiger partial charge in [0, 0.05) is 5.92 Å². The summed E-state index contributed by atoms with van der Waals surface area (Å²) in [5, 5.41) is 0. The van der Waals surface area contributed by atoms with Crippen molar-refractivity contribution >= 4 is 0 Å². The molecule has 0 spiro atoms. The fourth-order valence-corrected chi connectivity index (χ4v) is 4.35. The molecule has 27 heavy (non-hydrogen) atoms. The highest BCUT2D eigenvalue weighted by Gasteiger charge is 2.22. The number of hydrogen-bond acceptors (Lipinski definition) is 0. The average molecular weight is 363 g/mol. The number of hydrogen-bond donors (Lipinski definition) is 0. The van der Waals surface area contributed by atoms with E-state index in [1.807, 2.05) is 24.3 Å². The maximum atomic E-state index is 14.7. The van der Waals surface area contributed by atoms with Crippen molar-refractivity contribution in [2.24, 2.45) is 5.92 Å². The molecule has 1 fully saturated rings. The molecule has 1 aliphatic carbocycles. The third-order valence-corrected chi connectivity index (χ3v) is 6.00. The van der Waals surface area contributed by atoms with E-state index in [1.54, 1.807) is 6.07 Å². The van der Waals surface area contributed by atoms with Crippen LogP contribution >= 0.6 is 0 Å². The second-order valence-corrected chi connectivity index (χ2v) is 7.89. The Bertz CT molecular complexity index is 773. The molecule has 0 amide bonds. The van der Waals surface area contributed by atoms with Gasteiger partial charge in [-0.15, -0.1) is 0 Å². The molecule has 1 heteroatoms. The molecule has 2 aromatic rings. The second-order valence-electron chi connectivity index (χ2n) is 7.89. The molecule has 1 atom stereocenters. The van der Waals surface area contributed by atoms with E-state index in [-0.39, 0.29) is 11.7 Å². The minimum atomic E-state index is -0.168. The van der Waals surface area contributed by atoms with Crippen LogP contribution in [0.3, 0.4) is 0 Å². The van der Waals surface area contributed by atoms with Crippen LogP contribution in [-0.2, 0) is 0 Å². The third-order valence-electron chi connectivity index (χ3n) is 6.00. The standard InChI is InChI=1S/C26H31F/c1-3-8-20-11-13-23(14-12-20)25-18-17-24(26(27)19-25)16-15-21(4-2)22-9-6-5-7-10-22/h5-7,9-10,17-21,23H,3-4,8,11-14H2,1-2H3. The van der Waals surface area contributed by atoms with Crippen LogP contribution in [0, 0.1) is 23.6 Å². The van der Waals surface area contributed by atoms with Gasteiger partial charge in [0.25, 0.3) is 0 Å². The van der Waals surface area contributed by atoms with E-state index in [4.69, 9.17) is 0 Å². The van der Waals surface area contributed by atoms with E-state index in [2.05, 4.69) is 43.9 Å². The molecule has 0 nitrogen and oxygen atoms in total. The van der Waals surface area contributed by atoms with Crippen LogP contribution in [0.5, 0.6) is 0 Å². The third kappa shape index (κ3) is 5.23. The zero-order valence-electron chi connectivity index (χ0n) is 16.7. The van der Waals surface area contributed by atoms with E-state index >= 15 is 0 Å². The summed E-state index contributed by atoms with van der Waals surface area (Å²) in [6, 6.07) is 16.0. The maximum Gasteiger partial charge on any atom is 0.139 e. The Morgan fingerprint density at radius 3 is 2.37 bits per heavy atom. The molecule has 0 bridgehead atoms. The molecule has 0 heterocycles. The van der Waals surface area contributed by atoms with Gasteiger partial charge in [-0.2, -0.15) is 0 Å². The average Bonchev–Trinajstić information content (AvgIpc) is 2.71. The van der Waals surface area contributed by atoms with Crippen molar-refractivity contribution in [3.05, 3.63) is 71.0 Å². The SMILES string of the molecule is CCCC1CCC(c2ccc(C#CC(CC)c3ccccc3)c(F)c2)CC1. The minimum absolute atomic E-state index is 0.152. The quantitative estimate of drug-likeness (QED) is 0.485. The molecule has 3 rings (SSSR count). The van der Waals surface area contributed by atoms with Gasteiger partial charge in [0.15, 0.2) is 0 Å². The van der Waals surface area contributed by atoms with Crippen molar-refractivity contribution in [2.75, 3.05) is 0 Å². The number of benzene rings is 2. The topological polar surface area (TPSA) is 0 Å². The lowest BCUT2D eigenvalue weighted by molar-refractivity contribution is 0.308. The van der Waals surface area contributed by atoms with Crippen LogP contribution in [-0.4, -0.2) is 0 Å². The van der Waals surface area contributed by atoms with Gasteiger partial charge in [-0.3, -0.25) is 0 Å². The van der Waals surface area contributed by atoms with Crippen molar-refractivity contribution in [1.82, 2.24) is 0 Å². The predicted molar refractivity (Wildman–Crippen MR) is 112 cm³/mol. The summed E-state index contributed by atoms with van der Waals surface area (Å²) in [6.07, 6.45) is 8.52. The van der Waals surface area contributed by atoms with E-state index in [0.29, 0.717) is 11.5 Å². The Balaban J connectivity index is 1.69. The Kier molecular flexibility index (Phi) is 7.11. The first kappa shape index (κ1) is 19.7. The summed E-state index contributed by atoms with van der Waals surface area (Å²) < 4.78 is 14.7. The van der Waals surface area contributed by atoms with Gasteiger partial charge in [-0.1, -0.05) is 74.9 Å². The summed E-state index contributed by atoms with van der Waals surface area (Å²) in [7, 11) is 0. The van der Waals surface area contributed by atoms with Crippen LogP contribution < -0.4 is 0 Å². The van der Waals surface area contributed by atoms with E-state index in [9.17, 15) is 4.39 Å². The molecule has 0 N–H and O–H groups in total. The molecule has 1 unspecified atom stereocenters. The lowest BCUT2D eigenvalue weighted by Gasteiger charge is -2.28. The van der Waals surface area contributed by atoms with Crippen molar-refractivity contribution in [3.63, 3.8) is 0 Å². The van der Waals surface area contributed by atoms with Crippen LogP contribution in [0.15, 0.2) is 48.5 Å². The van der Waals surface area contributed by atoms with E-state index in [1.165, 1.54) is 44.1 Å². The van der Waals surface area contributed by atoms with Gasteiger partial charge in [0.05, 0.1) is 5.56 Å². The first-order valence-electron chi connectivity index (χ1n) is 10.6. The molecular formula is C26H31F. The lowest BCUT2D eigenvalue weighted by atomic mass is 9.77. The minimum Gasteiger partial charge on any atom is -0.206 e. The van der Waals surface area contributed by atoms with Crippen molar-refractivity contribution in [2.45, 2.75) is 70.6 Å². The zero-order chi connectivity index (χ0) is 19.1. The van der Waals surface area contributed by atoms with Gasteiger partial charge in [-0.05, 0) is 67.2 Å². The summed E-state index contributed by atoms with van der Waals surface area (Å²) >= 11 is 0. The molecule has 1 saturated carbocycles. The summed E-state index contributed by atoms with van der Waals surface area (Å²) in [5.74, 6) is 7.74.